The van der Waals surface area contributed by atoms with Crippen LogP contribution in [-0.4, -0.2) is 31.8 Å². The van der Waals surface area contributed by atoms with Gasteiger partial charge in [-0.1, -0.05) is 31.2 Å². The molecule has 0 aliphatic rings. The van der Waals surface area contributed by atoms with Crippen molar-refractivity contribution in [2.45, 2.75) is 12.8 Å². The summed E-state index contributed by atoms with van der Waals surface area (Å²) >= 11 is 0. The van der Waals surface area contributed by atoms with Gasteiger partial charge < -0.3 is 9.84 Å². The third-order valence-electron chi connectivity index (χ3n) is 2.91. The maximum Gasteiger partial charge on any atom is 0.330 e. The zero-order valence-corrected chi connectivity index (χ0v) is 12.7. The number of ether oxygens (including phenoxy) is 1. The molecule has 0 aliphatic heterocycles. The summed E-state index contributed by atoms with van der Waals surface area (Å²) < 4.78 is 30.4. The summed E-state index contributed by atoms with van der Waals surface area (Å²) in [6.07, 6.45) is 0. The van der Waals surface area contributed by atoms with Gasteiger partial charge in [-0.2, -0.15) is 8.42 Å². The third kappa shape index (κ3) is 6.09. The van der Waals surface area contributed by atoms with Crippen LogP contribution >= 0.6 is 0 Å². The van der Waals surface area contributed by atoms with Gasteiger partial charge in [-0.3, -0.25) is 4.55 Å². The molecule has 0 spiro atoms. The summed E-state index contributed by atoms with van der Waals surface area (Å²) in [6.45, 7) is 2.20. The first-order valence-corrected chi connectivity index (χ1v) is 7.68. The molecule has 21 heavy (non-hydrogen) atoms. The fourth-order valence-corrected chi connectivity index (χ4v) is 1.78. The van der Waals surface area contributed by atoms with E-state index in [-0.39, 0.29) is 12.5 Å². The maximum absolute atomic E-state index is 9.12. The monoisotopic (exact) mass is 313 g/mol. The van der Waals surface area contributed by atoms with E-state index >= 15 is 0 Å². The van der Waals surface area contributed by atoms with Crippen LogP contribution in [0.3, 0.4) is 0 Å². The van der Waals surface area contributed by atoms with E-state index in [1.165, 1.54) is 10.9 Å². The Bertz CT molecular complexity index is 692. The van der Waals surface area contributed by atoms with Crippen LogP contribution in [0.15, 0.2) is 36.4 Å². The van der Waals surface area contributed by atoms with Crippen LogP contribution in [0.25, 0.3) is 10.8 Å². The van der Waals surface area contributed by atoms with Gasteiger partial charge in [0.05, 0.1) is 7.11 Å². The summed E-state index contributed by atoms with van der Waals surface area (Å²) in [5.74, 6) is 1.06. The lowest BCUT2D eigenvalue weighted by Crippen LogP contribution is -2.08. The van der Waals surface area contributed by atoms with Crippen LogP contribution in [0.5, 0.6) is 5.75 Å². The number of fused-ring (bicyclic) bond motifs is 1. The molecule has 0 saturated carbocycles. The smallest absolute Gasteiger partial charge is 0.330 e. The number of rotatable bonds is 3. The van der Waals surface area contributed by atoms with Gasteiger partial charge in [0.15, 0.2) is 0 Å². The molecule has 0 amide bonds. The standard InChI is InChI=1S/C14H16O2.H3NO3S/c1-10(9-15)11-3-4-13-8-14(16-2)6-5-12(13)7-11;1-5(2,3)4/h3-8,10,15H,9H2,1-2H3;(H3,1,2,3,4). The molecule has 0 bridgehead atoms. The Morgan fingerprint density at radius 2 is 1.71 bits per heavy atom. The van der Waals surface area contributed by atoms with E-state index < -0.39 is 10.3 Å². The van der Waals surface area contributed by atoms with Crippen molar-refractivity contribution in [3.05, 3.63) is 42.0 Å². The lowest BCUT2D eigenvalue weighted by molar-refractivity contribution is 0.273. The SMILES string of the molecule is COc1ccc2cc(C(C)CO)ccc2c1.NS(=O)(=O)O. The van der Waals surface area contributed by atoms with Gasteiger partial charge in [0.1, 0.15) is 5.75 Å². The number of nitrogens with two attached hydrogens (primary N) is 1. The molecule has 1 atom stereocenters. The molecule has 6 nitrogen and oxygen atoms in total. The summed E-state index contributed by atoms with van der Waals surface area (Å²) in [4.78, 5) is 0. The predicted octanol–water partition coefficient (Wildman–Crippen LogP) is 1.69. The Hall–Kier alpha value is -1.67. The van der Waals surface area contributed by atoms with Gasteiger partial charge >= 0.3 is 10.3 Å². The van der Waals surface area contributed by atoms with E-state index in [9.17, 15) is 0 Å². The molecular formula is C14H19NO5S. The van der Waals surface area contributed by atoms with Crippen molar-refractivity contribution >= 4 is 21.1 Å². The molecule has 1 unspecified atom stereocenters. The number of benzene rings is 2. The Labute approximate surface area is 124 Å². The molecule has 0 aromatic heterocycles. The molecule has 2 aromatic carbocycles. The highest BCUT2D eigenvalue weighted by molar-refractivity contribution is 7.83. The molecule has 116 valence electrons. The fourth-order valence-electron chi connectivity index (χ4n) is 1.78. The molecular weight excluding hydrogens is 294 g/mol. The van der Waals surface area contributed by atoms with Gasteiger partial charge in [0.2, 0.25) is 0 Å². The first kappa shape index (κ1) is 17.4. The van der Waals surface area contributed by atoms with Crippen molar-refractivity contribution in [3.8, 4) is 5.75 Å². The normalized spacial score (nSPS) is 12.4. The third-order valence-corrected chi connectivity index (χ3v) is 2.91. The van der Waals surface area contributed by atoms with Crippen LogP contribution < -0.4 is 9.88 Å². The van der Waals surface area contributed by atoms with E-state index in [1.807, 2.05) is 25.1 Å². The first-order valence-electron chi connectivity index (χ1n) is 6.18. The lowest BCUT2D eigenvalue weighted by Gasteiger charge is -2.10. The molecule has 2 rings (SSSR count). The van der Waals surface area contributed by atoms with Crippen molar-refractivity contribution in [2.75, 3.05) is 13.7 Å². The molecule has 0 radical (unpaired) electrons. The molecule has 0 saturated heterocycles. The Morgan fingerprint density at radius 3 is 2.24 bits per heavy atom. The van der Waals surface area contributed by atoms with Gasteiger partial charge in [-0.05, 0) is 28.5 Å². The van der Waals surface area contributed by atoms with Crippen molar-refractivity contribution < 1.29 is 22.8 Å². The minimum Gasteiger partial charge on any atom is -0.497 e. The highest BCUT2D eigenvalue weighted by Crippen LogP contribution is 2.24. The van der Waals surface area contributed by atoms with E-state index in [0.717, 1.165) is 11.1 Å². The molecule has 0 aliphatic carbocycles. The second-order valence-corrected chi connectivity index (χ2v) is 5.60. The van der Waals surface area contributed by atoms with E-state index in [1.54, 1.807) is 7.11 Å². The zero-order valence-electron chi connectivity index (χ0n) is 11.9. The minimum absolute atomic E-state index is 0.182. The second-order valence-electron chi connectivity index (χ2n) is 4.57. The van der Waals surface area contributed by atoms with Crippen molar-refractivity contribution in [1.82, 2.24) is 0 Å². The molecule has 2 aromatic rings. The Morgan fingerprint density at radius 1 is 1.19 bits per heavy atom. The highest BCUT2D eigenvalue weighted by atomic mass is 32.2. The number of hydrogen-bond donors (Lipinski definition) is 3. The van der Waals surface area contributed by atoms with Crippen molar-refractivity contribution in [1.29, 1.82) is 0 Å². The average molecular weight is 313 g/mol. The van der Waals surface area contributed by atoms with E-state index in [0.29, 0.717) is 0 Å². The lowest BCUT2D eigenvalue weighted by atomic mass is 9.98. The Kier molecular flexibility index (Phi) is 6.10. The fraction of sp³-hybridized carbons (Fsp3) is 0.286. The first-order chi connectivity index (χ1) is 9.74. The van der Waals surface area contributed by atoms with Gasteiger partial charge in [-0.15, -0.1) is 0 Å². The zero-order chi connectivity index (χ0) is 16.0. The number of aliphatic hydroxyl groups is 1. The van der Waals surface area contributed by atoms with Crippen LogP contribution in [0.2, 0.25) is 0 Å². The van der Waals surface area contributed by atoms with Crippen LogP contribution in [0, 0.1) is 0 Å². The van der Waals surface area contributed by atoms with Crippen LogP contribution in [0.4, 0.5) is 0 Å². The molecule has 0 fully saturated rings. The van der Waals surface area contributed by atoms with Crippen molar-refractivity contribution in [3.63, 3.8) is 0 Å². The van der Waals surface area contributed by atoms with Crippen LogP contribution in [0.1, 0.15) is 18.4 Å². The number of hydrogen-bond acceptors (Lipinski definition) is 4. The van der Waals surface area contributed by atoms with Gasteiger partial charge in [0.25, 0.3) is 0 Å². The summed E-state index contributed by atoms with van der Waals surface area (Å²) in [5, 5.41) is 15.3. The minimum atomic E-state index is -4.17. The largest absolute Gasteiger partial charge is 0.497 e. The van der Waals surface area contributed by atoms with Gasteiger partial charge in [0, 0.05) is 12.5 Å². The van der Waals surface area contributed by atoms with Crippen LogP contribution in [-0.2, 0) is 10.3 Å². The maximum atomic E-state index is 9.12. The van der Waals surface area contributed by atoms with Gasteiger partial charge in [-0.25, -0.2) is 5.14 Å². The second kappa shape index (κ2) is 7.37. The summed E-state index contributed by atoms with van der Waals surface area (Å²) in [5.41, 5.74) is 1.17. The topological polar surface area (TPSA) is 110 Å². The molecule has 0 heterocycles. The molecule has 4 N–H and O–H groups in total. The molecule has 7 heteroatoms. The summed E-state index contributed by atoms with van der Waals surface area (Å²) in [7, 11) is -2.50. The number of aliphatic hydroxyl groups excluding tert-OH is 1. The average Bonchev–Trinajstić information content (AvgIpc) is 2.43. The highest BCUT2D eigenvalue weighted by Gasteiger charge is 2.04. The summed E-state index contributed by atoms with van der Waals surface area (Å²) in [6, 6.07) is 12.3. The van der Waals surface area contributed by atoms with E-state index in [2.05, 4.69) is 23.3 Å². The quantitative estimate of drug-likeness (QED) is 0.747. The van der Waals surface area contributed by atoms with E-state index in [4.69, 9.17) is 22.8 Å². The number of methoxy groups -OCH3 is 1. The predicted molar refractivity (Wildman–Crippen MR) is 81.7 cm³/mol. The van der Waals surface area contributed by atoms with Crippen molar-refractivity contribution in [2.24, 2.45) is 5.14 Å². The Balaban J connectivity index is 0.000000383.